The highest BCUT2D eigenvalue weighted by Gasteiger charge is 2.31. The number of piperazine rings is 1. The molecule has 1 aliphatic rings. The molecule has 4 N–H and O–H groups in total. The van der Waals surface area contributed by atoms with Gasteiger partial charge < -0.3 is 21.2 Å². The van der Waals surface area contributed by atoms with E-state index >= 15 is 0 Å². The second-order valence-electron chi connectivity index (χ2n) is 9.55. The van der Waals surface area contributed by atoms with Gasteiger partial charge in [0.1, 0.15) is 5.82 Å². The molecule has 2 aromatic carbocycles. The zero-order valence-corrected chi connectivity index (χ0v) is 23.0. The van der Waals surface area contributed by atoms with Gasteiger partial charge in [-0.3, -0.25) is 9.89 Å². The Morgan fingerprint density at radius 1 is 1.30 bits per heavy atom. The monoisotopic (exact) mass is 526 g/mol. The summed E-state index contributed by atoms with van der Waals surface area (Å²) in [4.78, 5) is 7.86. The molecule has 9 heteroatoms. The maximum atomic E-state index is 13.3. The molecular formula is C28H39FN6OS. The molecule has 1 fully saturated rings. The number of aliphatic imine (C=N–C) groups is 1. The molecule has 1 heterocycles. The summed E-state index contributed by atoms with van der Waals surface area (Å²) in [6, 6.07) is 10.6. The van der Waals surface area contributed by atoms with Crippen molar-refractivity contribution in [1.82, 2.24) is 9.21 Å². The van der Waals surface area contributed by atoms with Crippen molar-refractivity contribution in [2.45, 2.75) is 26.8 Å². The lowest BCUT2D eigenvalue weighted by atomic mass is 9.94. The average molecular weight is 527 g/mol. The van der Waals surface area contributed by atoms with Crippen LogP contribution in [0.4, 0.5) is 15.8 Å². The first-order valence-corrected chi connectivity index (χ1v) is 13.4. The molecule has 200 valence electrons. The number of aryl methyl sites for hydroxylation is 1. The van der Waals surface area contributed by atoms with Crippen molar-refractivity contribution < 1.29 is 9.13 Å². The van der Waals surface area contributed by atoms with Crippen molar-refractivity contribution in [3.8, 4) is 0 Å². The first kappa shape index (κ1) is 28.8. The number of nitrogens with one attached hydrogen (secondary N) is 2. The molecule has 0 spiro atoms. The average Bonchev–Trinajstić information content (AvgIpc) is 2.88. The summed E-state index contributed by atoms with van der Waals surface area (Å²) < 4.78 is 20.8. The highest BCUT2D eigenvalue weighted by molar-refractivity contribution is 8.01. The molecule has 0 aliphatic carbocycles. The Morgan fingerprint density at radius 3 is 2.70 bits per heavy atom. The number of hydrogen-bond donors (Lipinski definition) is 3. The Balaban J connectivity index is 1.85. The fourth-order valence-electron chi connectivity index (χ4n) is 4.42. The number of nitrogens with two attached hydrogens (primary N) is 1. The van der Waals surface area contributed by atoms with Crippen LogP contribution >= 0.6 is 11.9 Å². The number of hydrogen-bond acceptors (Lipinski definition) is 8. The molecule has 0 aromatic heterocycles. The van der Waals surface area contributed by atoms with Crippen LogP contribution < -0.4 is 11.1 Å². The summed E-state index contributed by atoms with van der Waals surface area (Å²) in [5.41, 5.74) is 10.7. The highest BCUT2D eigenvalue weighted by Crippen LogP contribution is 2.35. The molecule has 0 bridgehead atoms. The van der Waals surface area contributed by atoms with Crippen molar-refractivity contribution in [1.29, 1.82) is 5.41 Å². The largest absolute Gasteiger partial charge is 0.404 e. The topological polar surface area (TPSA) is 90.0 Å². The minimum absolute atomic E-state index is 0.173. The van der Waals surface area contributed by atoms with E-state index in [1.54, 1.807) is 37.4 Å². The number of methoxy groups -OCH3 is 1. The van der Waals surface area contributed by atoms with E-state index in [9.17, 15) is 4.39 Å². The van der Waals surface area contributed by atoms with E-state index in [4.69, 9.17) is 15.9 Å². The zero-order chi connectivity index (χ0) is 26.8. The highest BCUT2D eigenvalue weighted by atomic mass is 32.2. The van der Waals surface area contributed by atoms with Crippen LogP contribution in [0.25, 0.3) is 0 Å². The fraction of sp³-hybridized carbons (Fsp3) is 0.429. The molecule has 3 rings (SSSR count). The first-order chi connectivity index (χ1) is 17.8. The lowest BCUT2D eigenvalue weighted by Gasteiger charge is -2.42. The van der Waals surface area contributed by atoms with Gasteiger partial charge in [0.25, 0.3) is 0 Å². The van der Waals surface area contributed by atoms with Gasteiger partial charge in [0.15, 0.2) is 0 Å². The summed E-state index contributed by atoms with van der Waals surface area (Å²) in [6.07, 6.45) is 4.79. The number of benzene rings is 2. The Morgan fingerprint density at radius 2 is 2.05 bits per heavy atom. The summed E-state index contributed by atoms with van der Waals surface area (Å²) in [5, 5.41) is 11.4. The molecule has 1 atom stereocenters. The molecule has 0 radical (unpaired) electrons. The quantitative estimate of drug-likeness (QED) is 0.196. The van der Waals surface area contributed by atoms with Gasteiger partial charge >= 0.3 is 0 Å². The predicted octanol–water partition coefficient (Wildman–Crippen LogP) is 5.36. The Labute approximate surface area is 224 Å². The molecular weight excluding hydrogens is 487 g/mol. The van der Waals surface area contributed by atoms with Gasteiger partial charge in [0.05, 0.1) is 18.1 Å². The normalized spacial score (nSPS) is 17.6. The summed E-state index contributed by atoms with van der Waals surface area (Å²) in [7, 11) is 1.66. The van der Waals surface area contributed by atoms with Gasteiger partial charge in [-0.1, -0.05) is 13.8 Å². The zero-order valence-electron chi connectivity index (χ0n) is 22.2. The second kappa shape index (κ2) is 14.3. The van der Waals surface area contributed by atoms with E-state index < -0.39 is 0 Å². The minimum Gasteiger partial charge on any atom is -0.404 e. The minimum atomic E-state index is -0.275. The summed E-state index contributed by atoms with van der Waals surface area (Å²) >= 11 is 1.63. The predicted molar refractivity (Wildman–Crippen MR) is 155 cm³/mol. The Kier molecular flexibility index (Phi) is 11.1. The van der Waals surface area contributed by atoms with Gasteiger partial charge in [-0.05, 0) is 72.3 Å². The third-order valence-corrected chi connectivity index (χ3v) is 7.21. The van der Waals surface area contributed by atoms with E-state index in [1.165, 1.54) is 23.9 Å². The molecule has 1 saturated heterocycles. The van der Waals surface area contributed by atoms with Crippen LogP contribution in [0.5, 0.6) is 0 Å². The first-order valence-electron chi connectivity index (χ1n) is 12.6. The van der Waals surface area contributed by atoms with Crippen LogP contribution in [-0.4, -0.2) is 68.1 Å². The van der Waals surface area contributed by atoms with Crippen molar-refractivity contribution in [2.75, 3.05) is 51.8 Å². The van der Waals surface area contributed by atoms with Crippen LogP contribution in [0.15, 0.2) is 52.5 Å². The number of nitrogens with zero attached hydrogens (tertiary/aromatic N) is 3. The van der Waals surface area contributed by atoms with Gasteiger partial charge in [-0.2, -0.15) is 0 Å². The third-order valence-electron chi connectivity index (χ3n) is 6.17. The van der Waals surface area contributed by atoms with Crippen LogP contribution in [0.2, 0.25) is 0 Å². The maximum Gasteiger partial charge on any atom is 0.123 e. The van der Waals surface area contributed by atoms with Gasteiger partial charge in [0, 0.05) is 74.9 Å². The molecule has 7 nitrogen and oxygen atoms in total. The van der Waals surface area contributed by atoms with Crippen molar-refractivity contribution >= 4 is 35.8 Å². The number of ether oxygens (including phenoxy) is 1. The van der Waals surface area contributed by atoms with Crippen molar-refractivity contribution in [3.05, 3.63) is 70.0 Å². The lowest BCUT2D eigenvalue weighted by molar-refractivity contribution is 0.110. The molecule has 2 aromatic rings. The maximum absolute atomic E-state index is 13.3. The van der Waals surface area contributed by atoms with Crippen LogP contribution in [0.1, 0.15) is 36.6 Å². The van der Waals surface area contributed by atoms with E-state index in [0.717, 1.165) is 53.6 Å². The molecule has 0 amide bonds. The smallest absolute Gasteiger partial charge is 0.123 e. The standard InChI is InChI=1S/C28H39FN6OS/c1-20(2)18-34-10-11-35(37-25(16-31)17-32-9-12-36-4)19-28(34)26-14-22(15-30)27(13-21(26)3)33-24-7-5-23(29)6-8-24/h5-8,13-17,20,28,30,33H,9-12,18-19,31H2,1-4H3/b25-16+,30-15?,32-17?. The Bertz CT molecular complexity index is 1090. The SMILES string of the molecule is COCCN=C/C(=C\N)SN1CCN(CC(C)C)C(c2cc(C=N)c(Nc3ccc(F)cc3)cc2C)C1. The van der Waals surface area contributed by atoms with Crippen LogP contribution in [0.3, 0.4) is 0 Å². The van der Waals surface area contributed by atoms with E-state index in [-0.39, 0.29) is 11.9 Å². The van der Waals surface area contributed by atoms with Crippen molar-refractivity contribution in [3.63, 3.8) is 0 Å². The number of rotatable bonds is 12. The summed E-state index contributed by atoms with van der Waals surface area (Å²) in [6.45, 7) is 11.5. The lowest BCUT2D eigenvalue weighted by Crippen LogP contribution is -2.47. The fourth-order valence-corrected chi connectivity index (χ4v) is 5.29. The number of anilines is 2. The van der Waals surface area contributed by atoms with Crippen molar-refractivity contribution in [2.24, 2.45) is 16.6 Å². The number of allylic oxidation sites excluding steroid dienone is 1. The molecule has 1 unspecified atom stereocenters. The molecule has 1 aliphatic heterocycles. The van der Waals surface area contributed by atoms with Gasteiger partial charge in [-0.25, -0.2) is 8.70 Å². The molecule has 0 saturated carbocycles. The molecule has 37 heavy (non-hydrogen) atoms. The van der Waals surface area contributed by atoms with Gasteiger partial charge in [0.2, 0.25) is 0 Å². The second-order valence-corrected chi connectivity index (χ2v) is 10.7. The van der Waals surface area contributed by atoms with Crippen LogP contribution in [-0.2, 0) is 4.74 Å². The van der Waals surface area contributed by atoms with Gasteiger partial charge in [-0.15, -0.1) is 0 Å². The van der Waals surface area contributed by atoms with Crippen LogP contribution in [0, 0.1) is 24.1 Å². The summed E-state index contributed by atoms with van der Waals surface area (Å²) in [5.74, 6) is 0.263. The van der Waals surface area contributed by atoms with E-state index in [2.05, 4.69) is 52.4 Å². The number of halogens is 1. The van der Waals surface area contributed by atoms with E-state index in [1.807, 2.05) is 6.21 Å². The Hall–Kier alpha value is -2.72. The third kappa shape index (κ3) is 8.39. The van der Waals surface area contributed by atoms with E-state index in [0.29, 0.717) is 19.1 Å².